The minimum Gasteiger partial charge on any atom is -0.444 e. The van der Waals surface area contributed by atoms with Crippen LogP contribution in [0, 0.1) is 0 Å². The van der Waals surface area contributed by atoms with Gasteiger partial charge in [-0.15, -0.1) is 0 Å². The Balaban J connectivity index is 2.40. The number of nitrogens with one attached hydrogen (secondary N) is 1. The summed E-state index contributed by atoms with van der Waals surface area (Å²) in [6.45, 7) is 8.89. The highest BCUT2D eigenvalue weighted by Crippen LogP contribution is 2.15. The van der Waals surface area contributed by atoms with Crippen LogP contribution in [-0.2, 0) is 14.6 Å². The summed E-state index contributed by atoms with van der Waals surface area (Å²) in [4.78, 5) is 13.7. The standard InChI is InChI=1S/C14H28N2O4S/c1-5-21(18,19)10-8-15-12-7-6-9-16(11-12)13(17)20-14(2,3)4/h12,15H,5-11H2,1-4H3. The zero-order chi connectivity index (χ0) is 16.1. The van der Waals surface area contributed by atoms with Gasteiger partial charge in [-0.25, -0.2) is 13.2 Å². The average Bonchev–Trinajstić information content (AvgIpc) is 2.37. The fraction of sp³-hybridized carbons (Fsp3) is 0.929. The number of ether oxygens (including phenoxy) is 1. The van der Waals surface area contributed by atoms with E-state index >= 15 is 0 Å². The zero-order valence-corrected chi connectivity index (χ0v) is 14.3. The number of carbonyl (C=O) groups excluding carboxylic acids is 1. The van der Waals surface area contributed by atoms with Crippen LogP contribution in [0.25, 0.3) is 0 Å². The number of piperidine rings is 1. The minimum atomic E-state index is -2.94. The molecular formula is C14H28N2O4S. The van der Waals surface area contributed by atoms with E-state index in [0.717, 1.165) is 12.8 Å². The summed E-state index contributed by atoms with van der Waals surface area (Å²) in [6, 6.07) is 0.137. The molecule has 0 aromatic rings. The quantitative estimate of drug-likeness (QED) is 0.829. The molecule has 7 heteroatoms. The van der Waals surface area contributed by atoms with Crippen molar-refractivity contribution < 1.29 is 17.9 Å². The number of hydrogen-bond donors (Lipinski definition) is 1. The van der Waals surface area contributed by atoms with Gasteiger partial charge in [-0.3, -0.25) is 0 Å². The Morgan fingerprint density at radius 3 is 2.62 bits per heavy atom. The van der Waals surface area contributed by atoms with E-state index < -0.39 is 15.4 Å². The number of amides is 1. The zero-order valence-electron chi connectivity index (χ0n) is 13.5. The Bertz CT molecular complexity index is 442. The van der Waals surface area contributed by atoms with Crippen LogP contribution in [0.3, 0.4) is 0 Å². The van der Waals surface area contributed by atoms with Crippen LogP contribution >= 0.6 is 0 Å². The van der Waals surface area contributed by atoms with Gasteiger partial charge in [0.2, 0.25) is 0 Å². The van der Waals surface area contributed by atoms with Gasteiger partial charge in [-0.05, 0) is 33.6 Å². The van der Waals surface area contributed by atoms with Gasteiger partial charge < -0.3 is 15.0 Å². The van der Waals surface area contributed by atoms with Gasteiger partial charge in [0, 0.05) is 31.4 Å². The molecular weight excluding hydrogens is 292 g/mol. The molecule has 0 spiro atoms. The summed E-state index contributed by atoms with van der Waals surface area (Å²) in [5.41, 5.74) is -0.493. The lowest BCUT2D eigenvalue weighted by Gasteiger charge is -2.34. The number of nitrogens with zero attached hydrogens (tertiary/aromatic N) is 1. The lowest BCUT2D eigenvalue weighted by atomic mass is 10.1. The van der Waals surface area contributed by atoms with Crippen molar-refractivity contribution in [2.75, 3.05) is 31.1 Å². The van der Waals surface area contributed by atoms with E-state index in [1.54, 1.807) is 11.8 Å². The molecule has 1 aliphatic heterocycles. The molecule has 0 saturated carbocycles. The van der Waals surface area contributed by atoms with E-state index in [4.69, 9.17) is 4.74 Å². The second kappa shape index (κ2) is 7.45. The first kappa shape index (κ1) is 18.2. The van der Waals surface area contributed by atoms with Crippen LogP contribution in [0.5, 0.6) is 0 Å². The Morgan fingerprint density at radius 2 is 2.05 bits per heavy atom. The first-order chi connectivity index (χ1) is 9.63. The van der Waals surface area contributed by atoms with Crippen molar-refractivity contribution in [1.29, 1.82) is 0 Å². The van der Waals surface area contributed by atoms with E-state index in [0.29, 0.717) is 19.6 Å². The molecule has 0 aromatic carbocycles. The van der Waals surface area contributed by atoms with Crippen LogP contribution in [0.1, 0.15) is 40.5 Å². The largest absolute Gasteiger partial charge is 0.444 e. The highest BCUT2D eigenvalue weighted by molar-refractivity contribution is 7.91. The van der Waals surface area contributed by atoms with Crippen molar-refractivity contribution in [2.24, 2.45) is 0 Å². The predicted molar refractivity (Wildman–Crippen MR) is 83.2 cm³/mol. The lowest BCUT2D eigenvalue weighted by molar-refractivity contribution is 0.0188. The first-order valence-electron chi connectivity index (χ1n) is 7.54. The molecule has 1 unspecified atom stereocenters. The van der Waals surface area contributed by atoms with Crippen LogP contribution in [0.2, 0.25) is 0 Å². The highest BCUT2D eigenvalue weighted by atomic mass is 32.2. The van der Waals surface area contributed by atoms with Crippen molar-refractivity contribution >= 4 is 15.9 Å². The van der Waals surface area contributed by atoms with E-state index in [9.17, 15) is 13.2 Å². The van der Waals surface area contributed by atoms with E-state index in [1.807, 2.05) is 20.8 Å². The molecule has 1 amide bonds. The molecule has 21 heavy (non-hydrogen) atoms. The summed E-state index contributed by atoms with van der Waals surface area (Å²) in [5.74, 6) is 0.315. The predicted octanol–water partition coefficient (Wildman–Crippen LogP) is 1.41. The number of sulfone groups is 1. The SMILES string of the molecule is CCS(=O)(=O)CCNC1CCCN(C(=O)OC(C)(C)C)C1. The number of likely N-dealkylation sites (tertiary alicyclic amines) is 1. The van der Waals surface area contributed by atoms with Crippen molar-refractivity contribution in [3.63, 3.8) is 0 Å². The molecule has 0 radical (unpaired) electrons. The summed E-state index contributed by atoms with van der Waals surface area (Å²) >= 11 is 0. The van der Waals surface area contributed by atoms with Gasteiger partial charge in [-0.1, -0.05) is 6.92 Å². The molecule has 0 bridgehead atoms. The molecule has 124 valence electrons. The first-order valence-corrected chi connectivity index (χ1v) is 9.37. The molecule has 1 aliphatic rings. The van der Waals surface area contributed by atoms with Crippen molar-refractivity contribution in [2.45, 2.75) is 52.2 Å². The molecule has 6 nitrogen and oxygen atoms in total. The van der Waals surface area contributed by atoms with Crippen LogP contribution in [0.4, 0.5) is 4.79 Å². The van der Waals surface area contributed by atoms with Crippen molar-refractivity contribution in [3.05, 3.63) is 0 Å². The number of hydrogen-bond acceptors (Lipinski definition) is 5. The second-order valence-corrected chi connectivity index (χ2v) is 8.93. The van der Waals surface area contributed by atoms with Gasteiger partial charge in [0.15, 0.2) is 9.84 Å². The number of carbonyl (C=O) groups is 1. The molecule has 0 aromatic heterocycles. The Labute approximate surface area is 128 Å². The van der Waals surface area contributed by atoms with Gasteiger partial charge in [0.1, 0.15) is 5.60 Å². The third-order valence-electron chi connectivity index (χ3n) is 3.36. The van der Waals surface area contributed by atoms with Crippen molar-refractivity contribution in [1.82, 2.24) is 10.2 Å². The third-order valence-corrected chi connectivity index (χ3v) is 5.06. The van der Waals surface area contributed by atoms with E-state index in [2.05, 4.69) is 5.32 Å². The number of rotatable bonds is 5. The monoisotopic (exact) mass is 320 g/mol. The molecule has 1 N–H and O–H groups in total. The minimum absolute atomic E-state index is 0.137. The topological polar surface area (TPSA) is 75.7 Å². The lowest BCUT2D eigenvalue weighted by Crippen LogP contribution is -2.50. The summed E-state index contributed by atoms with van der Waals surface area (Å²) < 4.78 is 28.3. The van der Waals surface area contributed by atoms with Crippen LogP contribution in [0.15, 0.2) is 0 Å². The summed E-state index contributed by atoms with van der Waals surface area (Å²) in [5, 5.41) is 3.23. The maximum Gasteiger partial charge on any atom is 0.410 e. The molecule has 1 saturated heterocycles. The Hall–Kier alpha value is -0.820. The summed E-state index contributed by atoms with van der Waals surface area (Å²) in [6.07, 6.45) is 1.55. The molecule has 1 heterocycles. The molecule has 1 rings (SSSR count). The van der Waals surface area contributed by atoms with Gasteiger partial charge in [-0.2, -0.15) is 0 Å². The molecule has 1 fully saturated rings. The van der Waals surface area contributed by atoms with E-state index in [1.165, 1.54) is 0 Å². The fourth-order valence-corrected chi connectivity index (χ4v) is 2.92. The molecule has 0 aliphatic carbocycles. The third kappa shape index (κ3) is 7.13. The van der Waals surface area contributed by atoms with Crippen LogP contribution < -0.4 is 5.32 Å². The summed E-state index contributed by atoms with van der Waals surface area (Å²) in [7, 11) is -2.94. The normalized spacial score (nSPS) is 20.4. The average molecular weight is 320 g/mol. The maximum atomic E-state index is 12.0. The van der Waals surface area contributed by atoms with Gasteiger partial charge >= 0.3 is 6.09 Å². The van der Waals surface area contributed by atoms with Gasteiger partial charge in [0.05, 0.1) is 5.75 Å². The second-order valence-electron chi connectivity index (χ2n) is 6.46. The van der Waals surface area contributed by atoms with E-state index in [-0.39, 0.29) is 23.6 Å². The smallest absolute Gasteiger partial charge is 0.410 e. The van der Waals surface area contributed by atoms with Crippen LogP contribution in [-0.4, -0.2) is 62.2 Å². The van der Waals surface area contributed by atoms with Crippen molar-refractivity contribution in [3.8, 4) is 0 Å². The molecule has 1 atom stereocenters. The Kier molecular flexibility index (Phi) is 6.46. The highest BCUT2D eigenvalue weighted by Gasteiger charge is 2.27. The fourth-order valence-electron chi connectivity index (χ4n) is 2.20. The Morgan fingerprint density at radius 1 is 1.38 bits per heavy atom. The van der Waals surface area contributed by atoms with Gasteiger partial charge in [0.25, 0.3) is 0 Å². The maximum absolute atomic E-state index is 12.0.